The van der Waals surface area contributed by atoms with Crippen LogP contribution in [0.5, 0.6) is 0 Å². The molecule has 104 valence electrons. The molecule has 0 radical (unpaired) electrons. The van der Waals surface area contributed by atoms with Crippen LogP contribution in [-0.2, 0) is 11.2 Å². The Labute approximate surface area is 118 Å². The maximum absolute atomic E-state index is 12.2. The van der Waals surface area contributed by atoms with E-state index in [9.17, 15) is 4.79 Å². The van der Waals surface area contributed by atoms with Crippen molar-refractivity contribution in [3.05, 3.63) is 22.7 Å². The van der Waals surface area contributed by atoms with Crippen LogP contribution in [0.4, 0.5) is 5.13 Å². The van der Waals surface area contributed by atoms with Gasteiger partial charge in [-0.3, -0.25) is 4.79 Å². The van der Waals surface area contributed by atoms with Gasteiger partial charge in [-0.25, -0.2) is 4.98 Å². The standard InChI is InChI=1S/C14H21N3OS/c1-14(2,3)10-4-6-17(7-5-10)12(18)8-11-9-19-13(15)16-11/h4,9H,5-8H2,1-3H3,(H2,15,16). The Morgan fingerprint density at radius 3 is 2.74 bits per heavy atom. The quantitative estimate of drug-likeness (QED) is 0.846. The summed E-state index contributed by atoms with van der Waals surface area (Å²) in [6.07, 6.45) is 3.51. The summed E-state index contributed by atoms with van der Waals surface area (Å²) in [4.78, 5) is 18.2. The topological polar surface area (TPSA) is 59.2 Å². The highest BCUT2D eigenvalue weighted by molar-refractivity contribution is 7.13. The molecule has 19 heavy (non-hydrogen) atoms. The van der Waals surface area contributed by atoms with Gasteiger partial charge in [0.1, 0.15) is 0 Å². The molecule has 2 rings (SSSR count). The van der Waals surface area contributed by atoms with Crippen LogP contribution >= 0.6 is 11.3 Å². The van der Waals surface area contributed by atoms with Crippen molar-refractivity contribution in [3.63, 3.8) is 0 Å². The number of thiazole rings is 1. The number of aromatic nitrogens is 1. The lowest BCUT2D eigenvalue weighted by molar-refractivity contribution is -0.130. The van der Waals surface area contributed by atoms with E-state index in [0.29, 0.717) is 18.1 Å². The van der Waals surface area contributed by atoms with Crippen LogP contribution in [0.25, 0.3) is 0 Å². The molecule has 1 aliphatic rings. The third-order valence-corrected chi connectivity index (χ3v) is 4.15. The van der Waals surface area contributed by atoms with E-state index >= 15 is 0 Å². The maximum atomic E-state index is 12.2. The van der Waals surface area contributed by atoms with E-state index < -0.39 is 0 Å². The van der Waals surface area contributed by atoms with E-state index in [1.165, 1.54) is 16.9 Å². The summed E-state index contributed by atoms with van der Waals surface area (Å²) in [5.41, 5.74) is 7.99. The van der Waals surface area contributed by atoms with Crippen LogP contribution in [0.15, 0.2) is 17.0 Å². The largest absolute Gasteiger partial charge is 0.375 e. The summed E-state index contributed by atoms with van der Waals surface area (Å²) < 4.78 is 0. The molecular formula is C14H21N3OS. The van der Waals surface area contributed by atoms with E-state index in [2.05, 4.69) is 31.8 Å². The van der Waals surface area contributed by atoms with Crippen molar-refractivity contribution in [2.45, 2.75) is 33.6 Å². The Bertz CT molecular complexity index is 499. The van der Waals surface area contributed by atoms with Gasteiger partial charge in [0.25, 0.3) is 0 Å². The number of nitrogens with two attached hydrogens (primary N) is 1. The molecule has 0 saturated heterocycles. The Kier molecular flexibility index (Phi) is 3.94. The highest BCUT2D eigenvalue weighted by atomic mass is 32.1. The monoisotopic (exact) mass is 279 g/mol. The van der Waals surface area contributed by atoms with Crippen LogP contribution in [0, 0.1) is 5.41 Å². The van der Waals surface area contributed by atoms with Gasteiger partial charge in [0.05, 0.1) is 12.1 Å². The van der Waals surface area contributed by atoms with Gasteiger partial charge in [-0.05, 0) is 11.8 Å². The Morgan fingerprint density at radius 1 is 1.53 bits per heavy atom. The second-order valence-electron chi connectivity index (χ2n) is 5.92. The molecule has 4 nitrogen and oxygen atoms in total. The lowest BCUT2D eigenvalue weighted by Gasteiger charge is -2.32. The molecule has 0 aromatic carbocycles. The average Bonchev–Trinajstić information content (AvgIpc) is 2.74. The first kappa shape index (κ1) is 14.1. The fraction of sp³-hybridized carbons (Fsp3) is 0.571. The third kappa shape index (κ3) is 3.56. The molecule has 1 aromatic rings. The van der Waals surface area contributed by atoms with Crippen LogP contribution in [-0.4, -0.2) is 28.9 Å². The van der Waals surface area contributed by atoms with Gasteiger partial charge in [-0.2, -0.15) is 0 Å². The number of carbonyl (C=O) groups is 1. The van der Waals surface area contributed by atoms with Gasteiger partial charge >= 0.3 is 0 Å². The molecule has 2 heterocycles. The molecule has 1 aromatic heterocycles. The lowest BCUT2D eigenvalue weighted by Crippen LogP contribution is -2.37. The van der Waals surface area contributed by atoms with E-state index in [0.717, 1.165) is 18.7 Å². The predicted molar refractivity (Wildman–Crippen MR) is 79.0 cm³/mol. The zero-order chi connectivity index (χ0) is 14.0. The second-order valence-corrected chi connectivity index (χ2v) is 6.81. The van der Waals surface area contributed by atoms with E-state index in [1.54, 1.807) is 0 Å². The van der Waals surface area contributed by atoms with Gasteiger partial charge in [0.15, 0.2) is 5.13 Å². The second kappa shape index (κ2) is 5.33. The summed E-state index contributed by atoms with van der Waals surface area (Å²) in [6.45, 7) is 8.17. The van der Waals surface area contributed by atoms with Crippen molar-refractivity contribution >= 4 is 22.4 Å². The Morgan fingerprint density at radius 2 is 2.26 bits per heavy atom. The molecule has 1 amide bonds. The molecule has 1 aliphatic heterocycles. The molecule has 2 N–H and O–H groups in total. The van der Waals surface area contributed by atoms with Crippen LogP contribution in [0.1, 0.15) is 32.9 Å². The SMILES string of the molecule is CC(C)(C)C1=CCN(C(=O)Cc2csc(N)n2)CC1. The van der Waals surface area contributed by atoms with E-state index in [1.807, 2.05) is 10.3 Å². The number of amides is 1. The first-order chi connectivity index (χ1) is 8.86. The summed E-state index contributed by atoms with van der Waals surface area (Å²) in [5.74, 6) is 0.134. The van der Waals surface area contributed by atoms with Crippen LogP contribution in [0.2, 0.25) is 0 Å². The number of nitrogen functional groups attached to an aromatic ring is 1. The minimum atomic E-state index is 0.134. The number of anilines is 1. The molecule has 5 heteroatoms. The number of nitrogens with zero attached hydrogens (tertiary/aromatic N) is 2. The molecule has 0 bridgehead atoms. The van der Waals surface area contributed by atoms with Crippen molar-refractivity contribution in [2.24, 2.45) is 5.41 Å². The molecule has 0 unspecified atom stereocenters. The zero-order valence-electron chi connectivity index (χ0n) is 11.8. The van der Waals surface area contributed by atoms with Crippen LogP contribution in [0.3, 0.4) is 0 Å². The first-order valence-electron chi connectivity index (χ1n) is 6.53. The van der Waals surface area contributed by atoms with Gasteiger partial charge in [0, 0.05) is 18.5 Å². The highest BCUT2D eigenvalue weighted by Crippen LogP contribution is 2.30. The smallest absolute Gasteiger partial charge is 0.228 e. The van der Waals surface area contributed by atoms with Crippen LogP contribution < -0.4 is 5.73 Å². The molecule has 0 saturated carbocycles. The number of carbonyl (C=O) groups excluding carboxylic acids is 1. The summed E-state index contributed by atoms with van der Waals surface area (Å²) >= 11 is 1.38. The maximum Gasteiger partial charge on any atom is 0.228 e. The zero-order valence-corrected chi connectivity index (χ0v) is 12.6. The Balaban J connectivity index is 1.94. The average molecular weight is 279 g/mol. The summed E-state index contributed by atoms with van der Waals surface area (Å²) in [6, 6.07) is 0. The van der Waals surface area contributed by atoms with Crippen molar-refractivity contribution in [1.29, 1.82) is 0 Å². The molecule has 0 aliphatic carbocycles. The minimum absolute atomic E-state index is 0.134. The van der Waals surface area contributed by atoms with Gasteiger partial charge in [-0.1, -0.05) is 32.4 Å². The number of hydrogen-bond acceptors (Lipinski definition) is 4. The normalized spacial score (nSPS) is 16.4. The third-order valence-electron chi connectivity index (χ3n) is 3.43. The number of rotatable bonds is 2. The van der Waals surface area contributed by atoms with Gasteiger partial charge in [-0.15, -0.1) is 11.3 Å². The molecule has 0 fully saturated rings. The van der Waals surface area contributed by atoms with Crippen molar-refractivity contribution < 1.29 is 4.79 Å². The van der Waals surface area contributed by atoms with Gasteiger partial charge in [0.2, 0.25) is 5.91 Å². The lowest BCUT2D eigenvalue weighted by atomic mass is 9.83. The molecular weight excluding hydrogens is 258 g/mol. The summed E-state index contributed by atoms with van der Waals surface area (Å²) in [7, 11) is 0. The molecule has 0 spiro atoms. The minimum Gasteiger partial charge on any atom is -0.375 e. The van der Waals surface area contributed by atoms with Crippen molar-refractivity contribution in [2.75, 3.05) is 18.8 Å². The predicted octanol–water partition coefficient (Wildman–Crippen LogP) is 2.47. The van der Waals surface area contributed by atoms with E-state index in [4.69, 9.17) is 5.73 Å². The van der Waals surface area contributed by atoms with E-state index in [-0.39, 0.29) is 11.3 Å². The van der Waals surface area contributed by atoms with Crippen molar-refractivity contribution in [1.82, 2.24) is 9.88 Å². The fourth-order valence-corrected chi connectivity index (χ4v) is 2.81. The number of hydrogen-bond donors (Lipinski definition) is 1. The Hall–Kier alpha value is -1.36. The van der Waals surface area contributed by atoms with Gasteiger partial charge < -0.3 is 10.6 Å². The fourth-order valence-electron chi connectivity index (χ4n) is 2.25. The first-order valence-corrected chi connectivity index (χ1v) is 7.41. The summed E-state index contributed by atoms with van der Waals surface area (Å²) in [5, 5.41) is 2.38. The highest BCUT2D eigenvalue weighted by Gasteiger charge is 2.23. The van der Waals surface area contributed by atoms with Crippen molar-refractivity contribution in [3.8, 4) is 0 Å². The molecule has 0 atom stereocenters.